The van der Waals surface area contributed by atoms with Crippen LogP contribution in [0, 0.1) is 5.92 Å². The fraction of sp³-hybridized carbons (Fsp3) is 1.00. The van der Waals surface area contributed by atoms with E-state index < -0.39 is 0 Å². The molecule has 1 saturated heterocycles. The quantitative estimate of drug-likeness (QED) is 0.842. The van der Waals surface area contributed by atoms with Gasteiger partial charge in [-0.15, -0.1) is 0 Å². The number of hydrogen-bond acceptors (Lipinski definition) is 3. The zero-order valence-corrected chi connectivity index (χ0v) is 12.3. The van der Waals surface area contributed by atoms with Gasteiger partial charge < -0.3 is 5.73 Å². The van der Waals surface area contributed by atoms with Gasteiger partial charge in [-0.05, 0) is 32.6 Å². The van der Waals surface area contributed by atoms with Crippen LogP contribution in [-0.4, -0.2) is 41.1 Å². The van der Waals surface area contributed by atoms with Gasteiger partial charge in [-0.2, -0.15) is 11.8 Å². The Morgan fingerprint density at radius 2 is 2.00 bits per heavy atom. The molecule has 1 saturated carbocycles. The number of nitrogens with zero attached hydrogens (tertiary/aromatic N) is 1. The molecule has 2 nitrogen and oxygen atoms in total. The highest BCUT2D eigenvalue weighted by atomic mass is 32.2. The molecular weight excluding hydrogens is 228 g/mol. The second kappa shape index (κ2) is 5.94. The van der Waals surface area contributed by atoms with Crippen molar-refractivity contribution in [3.63, 3.8) is 0 Å². The first-order valence-corrected chi connectivity index (χ1v) is 8.19. The number of nitrogens with two attached hydrogens (primary N) is 1. The van der Waals surface area contributed by atoms with Gasteiger partial charge in [0.05, 0.1) is 0 Å². The third-order valence-corrected chi connectivity index (χ3v) is 5.66. The molecule has 1 aliphatic carbocycles. The lowest BCUT2D eigenvalue weighted by atomic mass is 9.83. The Hall–Kier alpha value is 0.270. The fourth-order valence-corrected chi connectivity index (χ4v) is 4.63. The standard InChI is InChI=1S/C14H28N2S/c1-14(2)11-16(8-9-17-14)13(10-15)12-6-4-3-5-7-12/h12-13H,3-11,15H2,1-2H3. The fourth-order valence-electron chi connectivity index (χ4n) is 3.49. The molecule has 0 amide bonds. The average Bonchev–Trinajstić information content (AvgIpc) is 2.30. The first-order valence-electron chi connectivity index (χ1n) is 7.20. The van der Waals surface area contributed by atoms with Crippen molar-refractivity contribution in [2.24, 2.45) is 11.7 Å². The Kier molecular flexibility index (Phi) is 4.79. The molecule has 1 atom stereocenters. The average molecular weight is 256 g/mol. The van der Waals surface area contributed by atoms with Gasteiger partial charge in [-0.25, -0.2) is 0 Å². The van der Waals surface area contributed by atoms with Crippen molar-refractivity contribution >= 4 is 11.8 Å². The highest BCUT2D eigenvalue weighted by Crippen LogP contribution is 2.34. The molecule has 3 heteroatoms. The molecule has 0 aromatic heterocycles. The Balaban J connectivity index is 1.96. The maximum absolute atomic E-state index is 6.07. The van der Waals surface area contributed by atoms with Crippen LogP contribution in [0.2, 0.25) is 0 Å². The second-order valence-electron chi connectivity index (χ2n) is 6.28. The van der Waals surface area contributed by atoms with Gasteiger partial charge in [0, 0.05) is 36.2 Å². The van der Waals surface area contributed by atoms with Gasteiger partial charge in [0.15, 0.2) is 0 Å². The zero-order chi connectivity index (χ0) is 12.3. The summed E-state index contributed by atoms with van der Waals surface area (Å²) in [5, 5.41) is 0. The molecule has 1 heterocycles. The van der Waals surface area contributed by atoms with Gasteiger partial charge in [0.2, 0.25) is 0 Å². The first kappa shape index (κ1) is 13.7. The molecule has 2 rings (SSSR count). The topological polar surface area (TPSA) is 29.3 Å². The van der Waals surface area contributed by atoms with E-state index >= 15 is 0 Å². The Morgan fingerprint density at radius 3 is 2.59 bits per heavy atom. The first-order chi connectivity index (χ1) is 8.12. The van der Waals surface area contributed by atoms with Crippen molar-refractivity contribution in [2.75, 3.05) is 25.4 Å². The normalized spacial score (nSPS) is 29.1. The molecule has 100 valence electrons. The smallest absolute Gasteiger partial charge is 0.0247 e. The van der Waals surface area contributed by atoms with Crippen molar-refractivity contribution in [3.8, 4) is 0 Å². The summed E-state index contributed by atoms with van der Waals surface area (Å²) >= 11 is 2.12. The molecule has 2 N–H and O–H groups in total. The lowest BCUT2D eigenvalue weighted by molar-refractivity contribution is 0.116. The van der Waals surface area contributed by atoms with Gasteiger partial charge in [0.1, 0.15) is 0 Å². The van der Waals surface area contributed by atoms with E-state index in [1.807, 2.05) is 0 Å². The lowest BCUT2D eigenvalue weighted by Gasteiger charge is -2.45. The van der Waals surface area contributed by atoms with Crippen molar-refractivity contribution in [1.29, 1.82) is 0 Å². The SMILES string of the molecule is CC1(C)CN(C(CN)C2CCCCC2)CCS1. The number of rotatable bonds is 3. The largest absolute Gasteiger partial charge is 0.329 e. The van der Waals surface area contributed by atoms with Gasteiger partial charge >= 0.3 is 0 Å². The predicted molar refractivity (Wildman–Crippen MR) is 77.5 cm³/mol. The molecule has 1 unspecified atom stereocenters. The van der Waals surface area contributed by atoms with Crippen molar-refractivity contribution < 1.29 is 0 Å². The van der Waals surface area contributed by atoms with Crippen LogP contribution < -0.4 is 5.73 Å². The van der Waals surface area contributed by atoms with E-state index in [0.717, 1.165) is 12.5 Å². The lowest BCUT2D eigenvalue weighted by Crippen LogP contribution is -2.53. The number of hydrogen-bond donors (Lipinski definition) is 1. The maximum atomic E-state index is 6.07. The van der Waals surface area contributed by atoms with Gasteiger partial charge in [-0.3, -0.25) is 4.90 Å². The van der Waals surface area contributed by atoms with E-state index in [4.69, 9.17) is 5.73 Å². The third kappa shape index (κ3) is 3.62. The van der Waals surface area contributed by atoms with Crippen LogP contribution in [0.15, 0.2) is 0 Å². The molecule has 0 aromatic rings. The second-order valence-corrected chi connectivity index (χ2v) is 8.08. The van der Waals surface area contributed by atoms with Gasteiger partial charge in [-0.1, -0.05) is 19.3 Å². The minimum absolute atomic E-state index is 0.417. The van der Waals surface area contributed by atoms with Crippen molar-refractivity contribution in [2.45, 2.75) is 56.7 Å². The zero-order valence-electron chi connectivity index (χ0n) is 11.5. The predicted octanol–water partition coefficient (Wildman–Crippen LogP) is 2.72. The van der Waals surface area contributed by atoms with E-state index in [-0.39, 0.29) is 0 Å². The van der Waals surface area contributed by atoms with Crippen LogP contribution in [0.25, 0.3) is 0 Å². The summed E-state index contributed by atoms with van der Waals surface area (Å²) in [6.45, 7) is 8.06. The van der Waals surface area contributed by atoms with Crippen LogP contribution in [0.1, 0.15) is 46.0 Å². The Bertz CT molecular complexity index is 236. The van der Waals surface area contributed by atoms with Crippen molar-refractivity contribution in [1.82, 2.24) is 4.90 Å². The van der Waals surface area contributed by atoms with Crippen LogP contribution in [0.5, 0.6) is 0 Å². The summed E-state index contributed by atoms with van der Waals surface area (Å²) in [6, 6.07) is 0.649. The summed E-state index contributed by atoms with van der Waals surface area (Å²) in [5.41, 5.74) is 6.07. The minimum atomic E-state index is 0.417. The molecular formula is C14H28N2S. The van der Waals surface area contributed by atoms with Gasteiger partial charge in [0.25, 0.3) is 0 Å². The van der Waals surface area contributed by atoms with E-state index in [0.29, 0.717) is 10.8 Å². The minimum Gasteiger partial charge on any atom is -0.329 e. The molecule has 2 fully saturated rings. The van der Waals surface area contributed by atoms with E-state index in [2.05, 4.69) is 30.5 Å². The molecule has 0 bridgehead atoms. The highest BCUT2D eigenvalue weighted by molar-refractivity contribution is 8.00. The monoisotopic (exact) mass is 256 g/mol. The summed E-state index contributed by atoms with van der Waals surface area (Å²) in [4.78, 5) is 2.69. The van der Waals surface area contributed by atoms with Crippen LogP contribution in [0.4, 0.5) is 0 Å². The van der Waals surface area contributed by atoms with Crippen LogP contribution in [0.3, 0.4) is 0 Å². The third-order valence-electron chi connectivity index (χ3n) is 4.36. The Morgan fingerprint density at radius 1 is 1.29 bits per heavy atom. The highest BCUT2D eigenvalue weighted by Gasteiger charge is 2.34. The molecule has 0 aromatic carbocycles. The molecule has 0 radical (unpaired) electrons. The van der Waals surface area contributed by atoms with Crippen LogP contribution >= 0.6 is 11.8 Å². The molecule has 0 spiro atoms. The Labute approximate surface area is 111 Å². The van der Waals surface area contributed by atoms with E-state index in [1.165, 1.54) is 50.9 Å². The van der Waals surface area contributed by atoms with E-state index in [9.17, 15) is 0 Å². The summed E-state index contributed by atoms with van der Waals surface area (Å²) < 4.78 is 0.417. The molecule has 17 heavy (non-hydrogen) atoms. The number of thioether (sulfide) groups is 1. The summed E-state index contributed by atoms with van der Waals surface area (Å²) in [6.07, 6.45) is 7.10. The summed E-state index contributed by atoms with van der Waals surface area (Å²) in [5.74, 6) is 2.14. The van der Waals surface area contributed by atoms with Crippen LogP contribution in [-0.2, 0) is 0 Å². The van der Waals surface area contributed by atoms with Crippen molar-refractivity contribution in [3.05, 3.63) is 0 Å². The summed E-state index contributed by atoms with van der Waals surface area (Å²) in [7, 11) is 0. The molecule has 1 aliphatic heterocycles. The van der Waals surface area contributed by atoms with E-state index in [1.54, 1.807) is 0 Å². The maximum Gasteiger partial charge on any atom is 0.0247 e. The molecule has 2 aliphatic rings.